The zero-order chi connectivity index (χ0) is 23.2. The maximum absolute atomic E-state index is 13.4. The van der Waals surface area contributed by atoms with Crippen molar-refractivity contribution in [2.45, 2.75) is 37.7 Å². The molecule has 6 heteroatoms. The molecule has 0 unspecified atom stereocenters. The zero-order valence-corrected chi connectivity index (χ0v) is 19.7. The second-order valence-corrected chi connectivity index (χ2v) is 8.91. The van der Waals surface area contributed by atoms with Crippen molar-refractivity contribution in [3.8, 4) is 0 Å². The van der Waals surface area contributed by atoms with Gasteiger partial charge in [-0.1, -0.05) is 67.2 Å². The summed E-state index contributed by atoms with van der Waals surface area (Å²) < 4.78 is 1.73. The van der Waals surface area contributed by atoms with Gasteiger partial charge in [0.25, 0.3) is 11.5 Å². The molecule has 0 radical (unpaired) electrons. The predicted octanol–water partition coefficient (Wildman–Crippen LogP) is 5.19. The van der Waals surface area contributed by atoms with Crippen LogP contribution in [0, 0.1) is 6.92 Å². The predicted molar refractivity (Wildman–Crippen MR) is 135 cm³/mol. The first kappa shape index (κ1) is 22.8. The number of carbonyl (C=O) groups is 1. The summed E-state index contributed by atoms with van der Waals surface area (Å²) in [5.41, 5.74) is 4.64. The molecule has 4 aromatic rings. The molecule has 1 N–H and O–H groups in total. The smallest absolute Gasteiger partial charge is 0.262 e. The lowest BCUT2D eigenvalue weighted by atomic mass is 10.1. The van der Waals surface area contributed by atoms with Gasteiger partial charge >= 0.3 is 0 Å². The van der Waals surface area contributed by atoms with Crippen LogP contribution >= 0.6 is 11.8 Å². The fraction of sp³-hybridized carbons (Fsp3) is 0.222. The third kappa shape index (κ3) is 5.34. The third-order valence-electron chi connectivity index (χ3n) is 5.54. The van der Waals surface area contributed by atoms with Crippen molar-refractivity contribution in [3.05, 3.63) is 105 Å². The number of rotatable bonds is 8. The average molecular weight is 458 g/mol. The Hall–Kier alpha value is -3.38. The van der Waals surface area contributed by atoms with Gasteiger partial charge in [0, 0.05) is 17.9 Å². The quantitative estimate of drug-likeness (QED) is 0.292. The number of hydrogen-bond donors (Lipinski definition) is 1. The van der Waals surface area contributed by atoms with Crippen LogP contribution in [0.5, 0.6) is 0 Å². The number of nitrogens with zero attached hydrogens (tertiary/aromatic N) is 2. The Balaban J connectivity index is 1.65. The summed E-state index contributed by atoms with van der Waals surface area (Å²) in [6, 6.07) is 23.1. The number of aromatic nitrogens is 2. The summed E-state index contributed by atoms with van der Waals surface area (Å²) in [6.45, 7) is 5.16. The molecule has 0 aliphatic carbocycles. The maximum atomic E-state index is 13.4. The molecule has 0 spiro atoms. The van der Waals surface area contributed by atoms with Gasteiger partial charge in [-0.15, -0.1) is 0 Å². The Morgan fingerprint density at radius 2 is 1.73 bits per heavy atom. The highest BCUT2D eigenvalue weighted by molar-refractivity contribution is 7.98. The van der Waals surface area contributed by atoms with Crippen molar-refractivity contribution >= 4 is 28.6 Å². The van der Waals surface area contributed by atoms with Gasteiger partial charge in [-0.05, 0) is 54.3 Å². The van der Waals surface area contributed by atoms with Crippen molar-refractivity contribution in [2.24, 2.45) is 0 Å². The van der Waals surface area contributed by atoms with Gasteiger partial charge in [-0.25, -0.2) is 4.98 Å². The van der Waals surface area contributed by atoms with E-state index in [4.69, 9.17) is 4.98 Å². The molecule has 3 aromatic carbocycles. The van der Waals surface area contributed by atoms with Gasteiger partial charge in [0.05, 0.1) is 17.4 Å². The van der Waals surface area contributed by atoms with E-state index in [9.17, 15) is 9.59 Å². The van der Waals surface area contributed by atoms with Gasteiger partial charge in [0.1, 0.15) is 0 Å². The van der Waals surface area contributed by atoms with Crippen molar-refractivity contribution in [1.82, 2.24) is 14.9 Å². The first-order valence-corrected chi connectivity index (χ1v) is 12.1. The van der Waals surface area contributed by atoms with E-state index in [-0.39, 0.29) is 11.5 Å². The zero-order valence-electron chi connectivity index (χ0n) is 18.9. The van der Waals surface area contributed by atoms with Crippen LogP contribution in [0.2, 0.25) is 0 Å². The van der Waals surface area contributed by atoms with Crippen LogP contribution < -0.4 is 10.9 Å². The van der Waals surface area contributed by atoms with Crippen molar-refractivity contribution < 1.29 is 4.79 Å². The fourth-order valence-electron chi connectivity index (χ4n) is 3.60. The molecule has 0 saturated carbocycles. The molecule has 0 aliphatic heterocycles. The lowest BCUT2D eigenvalue weighted by molar-refractivity contribution is 0.0953. The van der Waals surface area contributed by atoms with Gasteiger partial charge in [0.15, 0.2) is 5.16 Å². The largest absolute Gasteiger partial charge is 0.352 e. The second-order valence-electron chi connectivity index (χ2n) is 7.97. The summed E-state index contributed by atoms with van der Waals surface area (Å²) in [5.74, 6) is 0.649. The van der Waals surface area contributed by atoms with E-state index in [0.717, 1.165) is 17.7 Å². The van der Waals surface area contributed by atoms with Crippen molar-refractivity contribution in [3.63, 3.8) is 0 Å². The molecule has 4 rings (SSSR count). The lowest BCUT2D eigenvalue weighted by Crippen LogP contribution is -2.25. The Morgan fingerprint density at radius 1 is 1.00 bits per heavy atom. The highest BCUT2D eigenvalue weighted by Crippen LogP contribution is 2.24. The van der Waals surface area contributed by atoms with Crippen molar-refractivity contribution in [1.29, 1.82) is 0 Å². The first-order chi connectivity index (χ1) is 16.1. The summed E-state index contributed by atoms with van der Waals surface area (Å²) >= 11 is 1.57. The SMILES string of the molecule is CCCNC(=O)c1ccc(Cn2c(SCc3ccccc3C)nc3ccccc3c2=O)cc1. The van der Waals surface area contributed by atoms with Crippen LogP contribution in [-0.2, 0) is 12.3 Å². The molecule has 0 aliphatic rings. The Labute approximate surface area is 197 Å². The Kier molecular flexibility index (Phi) is 7.25. The van der Waals surface area contributed by atoms with E-state index < -0.39 is 0 Å². The first-order valence-electron chi connectivity index (χ1n) is 11.1. The minimum atomic E-state index is -0.0811. The molecule has 0 saturated heterocycles. The fourth-order valence-corrected chi connectivity index (χ4v) is 4.67. The number of nitrogens with one attached hydrogen (secondary N) is 1. The van der Waals surface area contributed by atoms with Crippen LogP contribution in [0.25, 0.3) is 10.9 Å². The number of aryl methyl sites for hydroxylation is 1. The molecular weight excluding hydrogens is 430 g/mol. The number of carbonyl (C=O) groups excluding carboxylic acids is 1. The Bertz CT molecular complexity index is 1330. The lowest BCUT2D eigenvalue weighted by Gasteiger charge is -2.14. The standard InChI is InChI=1S/C27H27N3O2S/c1-3-16-28-25(31)21-14-12-20(13-15-21)17-30-26(32)23-10-6-7-11-24(23)29-27(30)33-18-22-9-5-4-8-19(22)2/h4-15H,3,16-18H2,1-2H3,(H,28,31). The summed E-state index contributed by atoms with van der Waals surface area (Å²) in [5, 5.41) is 4.18. The van der Waals surface area contributed by atoms with E-state index in [1.54, 1.807) is 28.5 Å². The molecular formula is C27H27N3O2S. The highest BCUT2D eigenvalue weighted by Gasteiger charge is 2.13. The molecule has 1 heterocycles. The maximum Gasteiger partial charge on any atom is 0.262 e. The number of benzene rings is 3. The molecule has 5 nitrogen and oxygen atoms in total. The van der Waals surface area contributed by atoms with Crippen LogP contribution in [-0.4, -0.2) is 22.0 Å². The van der Waals surface area contributed by atoms with Gasteiger partial charge in [0.2, 0.25) is 0 Å². The van der Waals surface area contributed by atoms with E-state index >= 15 is 0 Å². The minimum Gasteiger partial charge on any atom is -0.352 e. The third-order valence-corrected chi connectivity index (χ3v) is 6.56. The van der Waals surface area contributed by atoms with Crippen LogP contribution in [0.4, 0.5) is 0 Å². The molecule has 0 bridgehead atoms. The van der Waals surface area contributed by atoms with Crippen LogP contribution in [0.1, 0.15) is 40.4 Å². The molecule has 0 atom stereocenters. The van der Waals surface area contributed by atoms with E-state index in [1.165, 1.54) is 11.1 Å². The number of para-hydroxylation sites is 1. The number of hydrogen-bond acceptors (Lipinski definition) is 4. The molecule has 1 amide bonds. The van der Waals surface area contributed by atoms with E-state index in [2.05, 4.69) is 24.4 Å². The molecule has 1 aromatic heterocycles. The van der Waals surface area contributed by atoms with E-state index in [0.29, 0.717) is 34.7 Å². The molecule has 168 valence electrons. The summed E-state index contributed by atoms with van der Waals surface area (Å²) in [6.07, 6.45) is 0.894. The van der Waals surface area contributed by atoms with Crippen LogP contribution in [0.3, 0.4) is 0 Å². The molecule has 33 heavy (non-hydrogen) atoms. The van der Waals surface area contributed by atoms with Crippen molar-refractivity contribution in [2.75, 3.05) is 6.54 Å². The summed E-state index contributed by atoms with van der Waals surface area (Å²) in [7, 11) is 0. The highest BCUT2D eigenvalue weighted by atomic mass is 32.2. The van der Waals surface area contributed by atoms with Gasteiger partial charge in [-0.2, -0.15) is 0 Å². The monoisotopic (exact) mass is 457 g/mol. The van der Waals surface area contributed by atoms with Gasteiger partial charge in [-0.3, -0.25) is 14.2 Å². The minimum absolute atomic E-state index is 0.0577. The van der Waals surface area contributed by atoms with Gasteiger partial charge < -0.3 is 5.32 Å². The average Bonchev–Trinajstić information content (AvgIpc) is 2.84. The number of thioether (sulfide) groups is 1. The Morgan fingerprint density at radius 3 is 2.48 bits per heavy atom. The normalized spacial score (nSPS) is 11.0. The number of amides is 1. The van der Waals surface area contributed by atoms with Crippen LogP contribution in [0.15, 0.2) is 82.7 Å². The summed E-state index contributed by atoms with van der Waals surface area (Å²) in [4.78, 5) is 30.4. The second kappa shape index (κ2) is 10.5. The molecule has 0 fully saturated rings. The topological polar surface area (TPSA) is 64.0 Å². The number of fused-ring (bicyclic) bond motifs is 1. The van der Waals surface area contributed by atoms with E-state index in [1.807, 2.05) is 55.5 Å².